The molecule has 1 amide bonds. The molecule has 4 rings (SSSR count). The average Bonchev–Trinajstić information content (AvgIpc) is 3.44. The Balaban J connectivity index is 1.52. The van der Waals surface area contributed by atoms with Crippen molar-refractivity contribution in [3.05, 3.63) is 30.1 Å². The molecule has 1 aromatic carbocycles. The number of nitrogens with zero attached hydrogens (tertiary/aromatic N) is 3. The zero-order chi connectivity index (χ0) is 16.5. The van der Waals surface area contributed by atoms with Gasteiger partial charge in [0, 0.05) is 24.4 Å². The molecule has 0 unspecified atom stereocenters. The topological polar surface area (TPSA) is 46.1 Å². The fourth-order valence-corrected chi connectivity index (χ4v) is 4.27. The Morgan fingerprint density at radius 2 is 2.08 bits per heavy atom. The van der Waals surface area contributed by atoms with Gasteiger partial charge in [-0.15, -0.1) is 0 Å². The van der Waals surface area contributed by atoms with Gasteiger partial charge >= 0.3 is 0 Å². The van der Waals surface area contributed by atoms with Gasteiger partial charge < -0.3 is 4.90 Å². The molecule has 0 spiro atoms. The van der Waals surface area contributed by atoms with Crippen LogP contribution in [0.2, 0.25) is 0 Å². The third-order valence-electron chi connectivity index (χ3n) is 4.87. The number of hydrogen-bond donors (Lipinski definition) is 0. The number of fused-ring (bicyclic) bond motifs is 1. The van der Waals surface area contributed by atoms with Crippen LogP contribution < -0.4 is 0 Å². The summed E-state index contributed by atoms with van der Waals surface area (Å²) in [5.74, 6) is 2.80. The molecule has 1 saturated carbocycles. The molecule has 2 aliphatic rings. The predicted molar refractivity (Wildman–Crippen MR) is 97.2 cm³/mol. The van der Waals surface area contributed by atoms with Crippen molar-refractivity contribution in [2.75, 3.05) is 18.8 Å². The Bertz CT molecular complexity index is 759. The lowest BCUT2D eigenvalue weighted by molar-refractivity contribution is -0.130. The number of thioether (sulfide) groups is 1. The standard InChI is InChI=1S/C19H23N3OS/c1-13-5-4-10-22(11-13)17(23)12-24-19-15-6-2-3-7-16(15)20-18(21-19)14-8-9-14/h2-3,6-7,13-14H,4-5,8-12H2,1H3/t13-/m0/s1. The van der Waals surface area contributed by atoms with Gasteiger partial charge in [-0.3, -0.25) is 4.79 Å². The number of amides is 1. The number of hydrogen-bond acceptors (Lipinski definition) is 4. The van der Waals surface area contributed by atoms with E-state index in [9.17, 15) is 4.79 Å². The van der Waals surface area contributed by atoms with E-state index >= 15 is 0 Å². The highest BCUT2D eigenvalue weighted by Gasteiger charge is 2.28. The summed E-state index contributed by atoms with van der Waals surface area (Å²) in [5, 5.41) is 2.02. The number of benzene rings is 1. The van der Waals surface area contributed by atoms with Crippen LogP contribution in [0.15, 0.2) is 29.3 Å². The maximum Gasteiger partial charge on any atom is 0.232 e. The smallest absolute Gasteiger partial charge is 0.232 e. The first-order valence-corrected chi connectivity index (χ1v) is 9.86. The molecule has 2 heterocycles. The van der Waals surface area contributed by atoms with Gasteiger partial charge in [-0.1, -0.05) is 36.9 Å². The molecule has 126 valence electrons. The van der Waals surface area contributed by atoms with E-state index in [0.29, 0.717) is 17.6 Å². The number of carbonyl (C=O) groups is 1. The summed E-state index contributed by atoms with van der Waals surface area (Å²) in [5.41, 5.74) is 0.996. The second-order valence-corrected chi connectivity index (χ2v) is 8.02. The van der Waals surface area contributed by atoms with Crippen molar-refractivity contribution in [2.45, 2.75) is 43.6 Å². The number of piperidine rings is 1. The van der Waals surface area contributed by atoms with Crippen molar-refractivity contribution in [1.29, 1.82) is 0 Å². The molecule has 5 heteroatoms. The van der Waals surface area contributed by atoms with Crippen LogP contribution in [-0.4, -0.2) is 39.6 Å². The number of aromatic nitrogens is 2. The van der Waals surface area contributed by atoms with Crippen molar-refractivity contribution in [3.63, 3.8) is 0 Å². The zero-order valence-electron chi connectivity index (χ0n) is 14.1. The van der Waals surface area contributed by atoms with Gasteiger partial charge in [0.15, 0.2) is 0 Å². The van der Waals surface area contributed by atoms with Crippen molar-refractivity contribution in [2.24, 2.45) is 5.92 Å². The number of carbonyl (C=O) groups excluding carboxylic acids is 1. The Morgan fingerprint density at radius 1 is 1.25 bits per heavy atom. The first-order valence-electron chi connectivity index (χ1n) is 8.88. The minimum absolute atomic E-state index is 0.238. The summed E-state index contributed by atoms with van der Waals surface area (Å²) in [6.45, 7) is 4.03. The van der Waals surface area contributed by atoms with E-state index in [1.165, 1.54) is 19.3 Å². The highest BCUT2D eigenvalue weighted by molar-refractivity contribution is 8.00. The number of likely N-dealkylation sites (tertiary alicyclic amines) is 1. The fourth-order valence-electron chi connectivity index (χ4n) is 3.34. The second-order valence-electron chi connectivity index (χ2n) is 7.05. The van der Waals surface area contributed by atoms with Gasteiger partial charge in [-0.2, -0.15) is 0 Å². The monoisotopic (exact) mass is 341 g/mol. The fraction of sp³-hybridized carbons (Fsp3) is 0.526. The maximum absolute atomic E-state index is 12.5. The summed E-state index contributed by atoms with van der Waals surface area (Å²) in [6.07, 6.45) is 4.73. The lowest BCUT2D eigenvalue weighted by atomic mass is 10.0. The molecule has 1 aromatic heterocycles. The van der Waals surface area contributed by atoms with Crippen LogP contribution in [-0.2, 0) is 4.79 Å². The van der Waals surface area contributed by atoms with Crippen LogP contribution in [0.25, 0.3) is 10.9 Å². The highest BCUT2D eigenvalue weighted by atomic mass is 32.2. The molecule has 0 N–H and O–H groups in total. The Kier molecular flexibility index (Phi) is 4.44. The normalized spacial score (nSPS) is 21.2. The molecular formula is C19H23N3OS. The minimum atomic E-state index is 0.238. The third kappa shape index (κ3) is 3.41. The first-order chi connectivity index (χ1) is 11.7. The van der Waals surface area contributed by atoms with E-state index in [4.69, 9.17) is 9.97 Å². The SMILES string of the molecule is C[C@H]1CCCN(C(=O)CSc2nc(C3CC3)nc3ccccc23)C1. The van der Waals surface area contributed by atoms with Crippen molar-refractivity contribution >= 4 is 28.6 Å². The van der Waals surface area contributed by atoms with Gasteiger partial charge in [-0.25, -0.2) is 9.97 Å². The van der Waals surface area contributed by atoms with Crippen molar-refractivity contribution in [1.82, 2.24) is 14.9 Å². The lowest BCUT2D eigenvalue weighted by Gasteiger charge is -2.30. The molecule has 1 saturated heterocycles. The third-order valence-corrected chi connectivity index (χ3v) is 5.85. The molecule has 2 fully saturated rings. The van der Waals surface area contributed by atoms with Gasteiger partial charge in [0.05, 0.1) is 11.3 Å². The molecule has 24 heavy (non-hydrogen) atoms. The van der Waals surface area contributed by atoms with E-state index in [-0.39, 0.29) is 5.91 Å². The van der Waals surface area contributed by atoms with E-state index in [1.807, 2.05) is 23.1 Å². The Morgan fingerprint density at radius 3 is 2.88 bits per heavy atom. The van der Waals surface area contributed by atoms with Crippen molar-refractivity contribution in [3.8, 4) is 0 Å². The molecule has 4 nitrogen and oxygen atoms in total. The molecule has 0 radical (unpaired) electrons. The number of rotatable bonds is 4. The summed E-state index contributed by atoms with van der Waals surface area (Å²) in [4.78, 5) is 24.0. The summed E-state index contributed by atoms with van der Waals surface area (Å²) >= 11 is 1.57. The van der Waals surface area contributed by atoms with Crippen LogP contribution in [0.3, 0.4) is 0 Å². The molecule has 0 bridgehead atoms. The summed E-state index contributed by atoms with van der Waals surface area (Å²) in [7, 11) is 0. The van der Waals surface area contributed by atoms with E-state index in [1.54, 1.807) is 11.8 Å². The largest absolute Gasteiger partial charge is 0.342 e. The summed E-state index contributed by atoms with van der Waals surface area (Å²) < 4.78 is 0. The van der Waals surface area contributed by atoms with E-state index in [0.717, 1.165) is 41.3 Å². The highest BCUT2D eigenvalue weighted by Crippen LogP contribution is 2.39. The first kappa shape index (κ1) is 15.9. The van der Waals surface area contributed by atoms with Crippen LogP contribution in [0.4, 0.5) is 0 Å². The zero-order valence-corrected chi connectivity index (χ0v) is 14.9. The van der Waals surface area contributed by atoms with Crippen LogP contribution in [0.5, 0.6) is 0 Å². The average molecular weight is 341 g/mol. The lowest BCUT2D eigenvalue weighted by Crippen LogP contribution is -2.40. The Labute approximate surface area is 147 Å². The van der Waals surface area contributed by atoms with Crippen LogP contribution >= 0.6 is 11.8 Å². The Hall–Kier alpha value is -1.62. The van der Waals surface area contributed by atoms with Gasteiger partial charge in [-0.05, 0) is 37.7 Å². The molecular weight excluding hydrogens is 318 g/mol. The summed E-state index contributed by atoms with van der Waals surface area (Å²) in [6, 6.07) is 8.13. The minimum Gasteiger partial charge on any atom is -0.342 e. The molecule has 1 aliphatic carbocycles. The van der Waals surface area contributed by atoms with Crippen LogP contribution in [0, 0.1) is 5.92 Å². The van der Waals surface area contributed by atoms with Gasteiger partial charge in [0.25, 0.3) is 0 Å². The number of para-hydroxylation sites is 1. The molecule has 1 aliphatic heterocycles. The molecule has 1 atom stereocenters. The van der Waals surface area contributed by atoms with Gasteiger partial charge in [0.1, 0.15) is 10.9 Å². The van der Waals surface area contributed by atoms with E-state index in [2.05, 4.69) is 13.0 Å². The molecule has 2 aromatic rings. The van der Waals surface area contributed by atoms with Gasteiger partial charge in [0.2, 0.25) is 5.91 Å². The van der Waals surface area contributed by atoms with Crippen molar-refractivity contribution < 1.29 is 4.79 Å². The maximum atomic E-state index is 12.5. The second kappa shape index (κ2) is 6.71. The quantitative estimate of drug-likeness (QED) is 0.626. The van der Waals surface area contributed by atoms with Crippen LogP contribution in [0.1, 0.15) is 44.3 Å². The predicted octanol–water partition coefficient (Wildman–Crippen LogP) is 3.86. The van der Waals surface area contributed by atoms with E-state index < -0.39 is 0 Å².